The minimum atomic E-state index is 0.108. The number of nitrogens with zero attached hydrogens (tertiary/aromatic N) is 2. The first-order chi connectivity index (χ1) is 9.49. The largest absolute Gasteiger partial charge is 0.341 e. The van der Waals surface area contributed by atoms with Crippen LogP contribution in [0.2, 0.25) is 0 Å². The van der Waals surface area contributed by atoms with E-state index in [1.165, 1.54) is 0 Å². The second-order valence-electron chi connectivity index (χ2n) is 6.34. The van der Waals surface area contributed by atoms with Crippen molar-refractivity contribution in [3.63, 3.8) is 0 Å². The Bertz CT molecular complexity index is 372. The molecule has 2 aliphatic rings. The highest BCUT2D eigenvalue weighted by Crippen LogP contribution is 2.30. The van der Waals surface area contributed by atoms with Crippen molar-refractivity contribution in [2.24, 2.45) is 17.6 Å². The lowest BCUT2D eigenvalue weighted by Crippen LogP contribution is -2.44. The van der Waals surface area contributed by atoms with E-state index in [-0.39, 0.29) is 23.8 Å². The van der Waals surface area contributed by atoms with Crippen molar-refractivity contribution in [3.05, 3.63) is 0 Å². The maximum absolute atomic E-state index is 12.7. The fourth-order valence-electron chi connectivity index (χ4n) is 3.49. The number of nitrogens with two attached hydrogens (primary N) is 1. The van der Waals surface area contributed by atoms with Crippen molar-refractivity contribution in [1.82, 2.24) is 9.80 Å². The van der Waals surface area contributed by atoms with Gasteiger partial charge in [0.2, 0.25) is 11.8 Å². The van der Waals surface area contributed by atoms with Crippen LogP contribution in [0.3, 0.4) is 0 Å². The van der Waals surface area contributed by atoms with Gasteiger partial charge in [-0.1, -0.05) is 6.92 Å². The lowest BCUT2D eigenvalue weighted by Gasteiger charge is -2.35. The van der Waals surface area contributed by atoms with Crippen molar-refractivity contribution in [1.29, 1.82) is 0 Å². The molecule has 2 fully saturated rings. The fourth-order valence-corrected chi connectivity index (χ4v) is 3.49. The normalized spacial score (nSPS) is 31.9. The third-order valence-electron chi connectivity index (χ3n) is 4.78. The predicted octanol–water partition coefficient (Wildman–Crippen LogP) is 0.831. The first-order valence-electron chi connectivity index (χ1n) is 7.79. The molecule has 3 unspecified atom stereocenters. The summed E-state index contributed by atoms with van der Waals surface area (Å²) < 4.78 is 0. The smallest absolute Gasteiger partial charge is 0.226 e. The molecule has 0 spiro atoms. The third-order valence-corrected chi connectivity index (χ3v) is 4.78. The van der Waals surface area contributed by atoms with Crippen LogP contribution in [0.15, 0.2) is 0 Å². The van der Waals surface area contributed by atoms with Crippen molar-refractivity contribution < 1.29 is 9.59 Å². The Labute approximate surface area is 121 Å². The van der Waals surface area contributed by atoms with E-state index in [1.54, 1.807) is 6.92 Å². The molecule has 3 atom stereocenters. The van der Waals surface area contributed by atoms with Crippen molar-refractivity contribution in [2.45, 2.75) is 45.6 Å². The van der Waals surface area contributed by atoms with Gasteiger partial charge in [0.05, 0.1) is 0 Å². The summed E-state index contributed by atoms with van der Waals surface area (Å²) in [7, 11) is 0. The third kappa shape index (κ3) is 3.51. The molecule has 1 saturated heterocycles. The molecule has 1 heterocycles. The van der Waals surface area contributed by atoms with Crippen LogP contribution in [-0.2, 0) is 9.59 Å². The zero-order chi connectivity index (χ0) is 14.7. The minimum Gasteiger partial charge on any atom is -0.341 e. The quantitative estimate of drug-likeness (QED) is 0.774. The van der Waals surface area contributed by atoms with E-state index < -0.39 is 0 Å². The molecule has 114 valence electrons. The highest BCUT2D eigenvalue weighted by atomic mass is 16.2. The first kappa shape index (κ1) is 15.3. The summed E-state index contributed by atoms with van der Waals surface area (Å²) in [6.45, 7) is 6.63. The second-order valence-corrected chi connectivity index (χ2v) is 6.34. The summed E-state index contributed by atoms with van der Waals surface area (Å²) >= 11 is 0. The van der Waals surface area contributed by atoms with Crippen molar-refractivity contribution in [3.8, 4) is 0 Å². The topological polar surface area (TPSA) is 66.6 Å². The molecule has 5 nitrogen and oxygen atoms in total. The molecular formula is C15H27N3O2. The molecule has 0 aromatic heterocycles. The van der Waals surface area contributed by atoms with Crippen LogP contribution in [0.5, 0.6) is 0 Å². The summed E-state index contributed by atoms with van der Waals surface area (Å²) in [5.74, 6) is 0.878. The number of hydrogen-bond donors (Lipinski definition) is 1. The standard InChI is InChI=1S/C15H27N3O2/c1-11-10-13(16)4-5-14(11)15(20)18-7-3-6-17(8-9-18)12(2)19/h11,13-14H,3-10,16H2,1-2H3. The zero-order valence-electron chi connectivity index (χ0n) is 12.7. The molecule has 0 radical (unpaired) electrons. The maximum atomic E-state index is 12.7. The number of carbonyl (C=O) groups is 2. The van der Waals surface area contributed by atoms with Crippen molar-refractivity contribution >= 4 is 11.8 Å². The van der Waals surface area contributed by atoms with E-state index in [9.17, 15) is 9.59 Å². The highest BCUT2D eigenvalue weighted by Gasteiger charge is 2.34. The van der Waals surface area contributed by atoms with E-state index in [2.05, 4.69) is 6.92 Å². The number of amides is 2. The summed E-state index contributed by atoms with van der Waals surface area (Å²) in [4.78, 5) is 27.9. The molecule has 2 rings (SSSR count). The number of rotatable bonds is 1. The van der Waals surface area contributed by atoms with Crippen LogP contribution in [0.1, 0.15) is 39.5 Å². The van der Waals surface area contributed by atoms with Gasteiger partial charge in [-0.15, -0.1) is 0 Å². The van der Waals surface area contributed by atoms with Crippen LogP contribution in [0.25, 0.3) is 0 Å². The predicted molar refractivity (Wildman–Crippen MR) is 77.9 cm³/mol. The van der Waals surface area contributed by atoms with Gasteiger partial charge in [0.25, 0.3) is 0 Å². The lowest BCUT2D eigenvalue weighted by molar-refractivity contribution is -0.138. The molecule has 1 aliphatic heterocycles. The zero-order valence-corrected chi connectivity index (χ0v) is 12.7. The average Bonchev–Trinajstić information content (AvgIpc) is 2.63. The Morgan fingerprint density at radius 3 is 2.35 bits per heavy atom. The molecule has 0 aromatic carbocycles. The summed E-state index contributed by atoms with van der Waals surface area (Å²) in [5, 5.41) is 0. The molecule has 5 heteroatoms. The molecule has 2 N–H and O–H groups in total. The summed E-state index contributed by atoms with van der Waals surface area (Å²) in [6, 6.07) is 0.256. The van der Waals surface area contributed by atoms with Crippen molar-refractivity contribution in [2.75, 3.05) is 26.2 Å². The molecule has 1 aliphatic carbocycles. The van der Waals surface area contributed by atoms with E-state index in [0.717, 1.165) is 38.8 Å². The molecule has 0 aromatic rings. The van der Waals surface area contributed by atoms with Crippen LogP contribution >= 0.6 is 0 Å². The number of hydrogen-bond acceptors (Lipinski definition) is 3. The Kier molecular flexibility index (Phi) is 5.02. The van der Waals surface area contributed by atoms with Crippen LogP contribution in [0, 0.1) is 11.8 Å². The van der Waals surface area contributed by atoms with E-state index in [1.807, 2.05) is 9.80 Å². The van der Waals surface area contributed by atoms with Gasteiger partial charge in [0.15, 0.2) is 0 Å². The summed E-state index contributed by atoms with van der Waals surface area (Å²) in [5.41, 5.74) is 5.97. The number of carbonyl (C=O) groups excluding carboxylic acids is 2. The second kappa shape index (κ2) is 6.57. The fraction of sp³-hybridized carbons (Fsp3) is 0.867. The van der Waals surface area contributed by atoms with Gasteiger partial charge in [-0.25, -0.2) is 0 Å². The Morgan fingerprint density at radius 1 is 1.05 bits per heavy atom. The Morgan fingerprint density at radius 2 is 1.70 bits per heavy atom. The SMILES string of the molecule is CC(=O)N1CCCN(C(=O)C2CCC(N)CC2C)CC1. The molecule has 2 amide bonds. The maximum Gasteiger partial charge on any atom is 0.226 e. The summed E-state index contributed by atoms with van der Waals surface area (Å²) in [6.07, 6.45) is 3.69. The Hall–Kier alpha value is -1.10. The van der Waals surface area contributed by atoms with Gasteiger partial charge in [-0.05, 0) is 31.6 Å². The van der Waals surface area contributed by atoms with Crippen LogP contribution in [-0.4, -0.2) is 53.8 Å². The first-order valence-corrected chi connectivity index (χ1v) is 7.79. The Balaban J connectivity index is 1.94. The average molecular weight is 281 g/mol. The van der Waals surface area contributed by atoms with Gasteiger partial charge < -0.3 is 15.5 Å². The molecule has 0 bridgehead atoms. The molecule has 20 heavy (non-hydrogen) atoms. The van der Waals surface area contributed by atoms with E-state index >= 15 is 0 Å². The van der Waals surface area contributed by atoms with Gasteiger partial charge in [0, 0.05) is 45.1 Å². The molecule has 1 saturated carbocycles. The van der Waals surface area contributed by atoms with Gasteiger partial charge in [0.1, 0.15) is 0 Å². The van der Waals surface area contributed by atoms with Gasteiger partial charge in [-0.2, -0.15) is 0 Å². The van der Waals surface area contributed by atoms with Gasteiger partial charge in [-0.3, -0.25) is 9.59 Å². The molecular weight excluding hydrogens is 254 g/mol. The van der Waals surface area contributed by atoms with Crippen LogP contribution in [0.4, 0.5) is 0 Å². The minimum absolute atomic E-state index is 0.108. The highest BCUT2D eigenvalue weighted by molar-refractivity contribution is 5.79. The lowest BCUT2D eigenvalue weighted by atomic mass is 9.77. The van der Waals surface area contributed by atoms with Crippen LogP contribution < -0.4 is 5.73 Å². The van der Waals surface area contributed by atoms with E-state index in [0.29, 0.717) is 19.0 Å². The van der Waals surface area contributed by atoms with E-state index in [4.69, 9.17) is 5.73 Å². The van der Waals surface area contributed by atoms with Gasteiger partial charge >= 0.3 is 0 Å². The monoisotopic (exact) mass is 281 g/mol.